The van der Waals surface area contributed by atoms with Crippen LogP contribution in [0.1, 0.15) is 33.1 Å². The first-order valence-electron chi connectivity index (χ1n) is 6.26. The van der Waals surface area contributed by atoms with Gasteiger partial charge < -0.3 is 10.6 Å². The third-order valence-corrected chi connectivity index (χ3v) is 3.66. The Morgan fingerprint density at radius 1 is 1.44 bits per heavy atom. The second-order valence-corrected chi connectivity index (χ2v) is 5.03. The number of nitrogens with two attached hydrogens (primary N) is 1. The molecule has 1 rings (SSSR count). The van der Waals surface area contributed by atoms with E-state index in [1.54, 1.807) is 0 Å². The van der Waals surface area contributed by atoms with Gasteiger partial charge in [-0.2, -0.15) is 0 Å². The first-order valence-corrected chi connectivity index (χ1v) is 6.26. The fourth-order valence-corrected chi connectivity index (χ4v) is 2.42. The molecule has 0 amide bonds. The van der Waals surface area contributed by atoms with E-state index >= 15 is 0 Å². The lowest BCUT2D eigenvalue weighted by atomic mass is 9.90. The Morgan fingerprint density at radius 3 is 2.75 bits per heavy atom. The van der Waals surface area contributed by atoms with Gasteiger partial charge in [0.15, 0.2) is 0 Å². The van der Waals surface area contributed by atoms with Crippen molar-refractivity contribution in [2.75, 3.05) is 26.2 Å². The SMILES string of the molecule is C#CCNC1(CN)CCCN(C(C)C)CC1. The van der Waals surface area contributed by atoms with Crippen molar-refractivity contribution in [2.45, 2.75) is 44.7 Å². The average Bonchev–Trinajstić information content (AvgIpc) is 2.49. The number of nitrogens with zero attached hydrogens (tertiary/aromatic N) is 1. The summed E-state index contributed by atoms with van der Waals surface area (Å²) in [6.07, 6.45) is 8.75. The van der Waals surface area contributed by atoms with Gasteiger partial charge in [0.25, 0.3) is 0 Å². The van der Waals surface area contributed by atoms with Crippen LogP contribution in [0.25, 0.3) is 0 Å². The normalized spacial score (nSPS) is 27.7. The van der Waals surface area contributed by atoms with Crippen molar-refractivity contribution in [3.05, 3.63) is 0 Å². The minimum Gasteiger partial charge on any atom is -0.329 e. The van der Waals surface area contributed by atoms with Crippen molar-refractivity contribution in [1.82, 2.24) is 10.2 Å². The lowest BCUT2D eigenvalue weighted by molar-refractivity contribution is 0.220. The highest BCUT2D eigenvalue weighted by Gasteiger charge is 2.30. The second kappa shape index (κ2) is 6.24. The van der Waals surface area contributed by atoms with Crippen LogP contribution in [0, 0.1) is 12.3 Å². The van der Waals surface area contributed by atoms with Crippen molar-refractivity contribution in [3.63, 3.8) is 0 Å². The third-order valence-electron chi connectivity index (χ3n) is 3.66. The molecule has 1 saturated heterocycles. The highest BCUT2D eigenvalue weighted by molar-refractivity contribution is 4.97. The van der Waals surface area contributed by atoms with Gasteiger partial charge >= 0.3 is 0 Å². The Balaban J connectivity index is 2.57. The highest BCUT2D eigenvalue weighted by Crippen LogP contribution is 2.22. The number of nitrogens with one attached hydrogen (secondary N) is 1. The molecule has 1 unspecified atom stereocenters. The molecule has 3 N–H and O–H groups in total. The first-order chi connectivity index (χ1) is 7.63. The van der Waals surface area contributed by atoms with Crippen LogP contribution in [0.3, 0.4) is 0 Å². The summed E-state index contributed by atoms with van der Waals surface area (Å²) in [5.74, 6) is 2.65. The van der Waals surface area contributed by atoms with Crippen LogP contribution in [0.5, 0.6) is 0 Å². The zero-order chi connectivity index (χ0) is 12.0. The van der Waals surface area contributed by atoms with Crippen LogP contribution in [0.15, 0.2) is 0 Å². The molecule has 1 aliphatic rings. The number of hydrogen-bond donors (Lipinski definition) is 2. The molecule has 1 fully saturated rings. The second-order valence-electron chi connectivity index (χ2n) is 5.03. The van der Waals surface area contributed by atoms with Crippen molar-refractivity contribution in [3.8, 4) is 12.3 Å². The van der Waals surface area contributed by atoms with Crippen LogP contribution in [-0.4, -0.2) is 42.7 Å². The van der Waals surface area contributed by atoms with Crippen LogP contribution in [0.2, 0.25) is 0 Å². The van der Waals surface area contributed by atoms with Gasteiger partial charge in [-0.3, -0.25) is 5.32 Å². The highest BCUT2D eigenvalue weighted by atomic mass is 15.2. The van der Waals surface area contributed by atoms with Gasteiger partial charge in [-0.25, -0.2) is 0 Å². The molecule has 1 aliphatic heterocycles. The minimum atomic E-state index is 0.0655. The molecule has 0 radical (unpaired) electrons. The Labute approximate surface area is 99.8 Å². The summed E-state index contributed by atoms with van der Waals surface area (Å²) < 4.78 is 0. The Bertz CT molecular complexity index is 244. The smallest absolute Gasteiger partial charge is 0.0578 e. The summed E-state index contributed by atoms with van der Waals surface area (Å²) >= 11 is 0. The van der Waals surface area contributed by atoms with Crippen LogP contribution in [0.4, 0.5) is 0 Å². The molecular formula is C13H25N3. The summed E-state index contributed by atoms with van der Waals surface area (Å²) in [5, 5.41) is 3.45. The van der Waals surface area contributed by atoms with Gasteiger partial charge in [-0.1, -0.05) is 5.92 Å². The summed E-state index contributed by atoms with van der Waals surface area (Å²) in [7, 11) is 0. The van der Waals surface area contributed by atoms with E-state index in [9.17, 15) is 0 Å². The van der Waals surface area contributed by atoms with Gasteiger partial charge in [0.05, 0.1) is 6.54 Å². The molecule has 0 aliphatic carbocycles. The first kappa shape index (κ1) is 13.5. The van der Waals surface area contributed by atoms with Crippen molar-refractivity contribution < 1.29 is 0 Å². The lowest BCUT2D eigenvalue weighted by Crippen LogP contribution is -2.52. The van der Waals surface area contributed by atoms with E-state index in [0.29, 0.717) is 19.1 Å². The Hall–Kier alpha value is -0.560. The monoisotopic (exact) mass is 223 g/mol. The summed E-state index contributed by atoms with van der Waals surface area (Å²) in [4.78, 5) is 2.52. The zero-order valence-corrected chi connectivity index (χ0v) is 10.6. The molecule has 16 heavy (non-hydrogen) atoms. The van der Waals surface area contributed by atoms with Gasteiger partial charge in [0, 0.05) is 24.7 Å². The standard InChI is InChI=1S/C13H25N3/c1-4-8-15-13(11-14)6-5-9-16(10-7-13)12(2)3/h1,12,15H,5-11,14H2,2-3H3. The van der Waals surface area contributed by atoms with E-state index in [1.807, 2.05) is 0 Å². The van der Waals surface area contributed by atoms with E-state index in [4.69, 9.17) is 12.2 Å². The molecule has 0 bridgehead atoms. The zero-order valence-electron chi connectivity index (χ0n) is 10.6. The molecule has 0 aromatic carbocycles. The number of likely N-dealkylation sites (tertiary alicyclic amines) is 1. The topological polar surface area (TPSA) is 41.3 Å². The van der Waals surface area contributed by atoms with E-state index in [-0.39, 0.29) is 5.54 Å². The predicted molar refractivity (Wildman–Crippen MR) is 69.2 cm³/mol. The van der Waals surface area contributed by atoms with Gasteiger partial charge in [0.1, 0.15) is 0 Å². The van der Waals surface area contributed by atoms with Crippen molar-refractivity contribution in [2.24, 2.45) is 5.73 Å². The molecule has 92 valence electrons. The minimum absolute atomic E-state index is 0.0655. The van der Waals surface area contributed by atoms with E-state index < -0.39 is 0 Å². The number of rotatable bonds is 4. The number of hydrogen-bond acceptors (Lipinski definition) is 3. The summed E-state index contributed by atoms with van der Waals surface area (Å²) in [6, 6.07) is 0.626. The molecule has 3 nitrogen and oxygen atoms in total. The third kappa shape index (κ3) is 3.48. The fraction of sp³-hybridized carbons (Fsp3) is 0.846. The van der Waals surface area contributed by atoms with Gasteiger partial charge in [0.2, 0.25) is 0 Å². The fourth-order valence-electron chi connectivity index (χ4n) is 2.42. The molecule has 0 aromatic heterocycles. The molecular weight excluding hydrogens is 198 g/mol. The quantitative estimate of drug-likeness (QED) is 0.693. The lowest BCUT2D eigenvalue weighted by Gasteiger charge is -2.32. The van der Waals surface area contributed by atoms with E-state index in [2.05, 4.69) is 30.0 Å². The molecule has 0 saturated carbocycles. The maximum Gasteiger partial charge on any atom is 0.0578 e. The molecule has 3 heteroatoms. The van der Waals surface area contributed by atoms with E-state index in [0.717, 1.165) is 19.4 Å². The summed E-state index contributed by atoms with van der Waals surface area (Å²) in [5.41, 5.74) is 5.99. The van der Waals surface area contributed by atoms with E-state index in [1.165, 1.54) is 13.0 Å². The molecule has 1 heterocycles. The molecule has 0 aromatic rings. The average molecular weight is 223 g/mol. The van der Waals surface area contributed by atoms with Gasteiger partial charge in [-0.15, -0.1) is 6.42 Å². The maximum atomic E-state index is 5.92. The Morgan fingerprint density at radius 2 is 2.19 bits per heavy atom. The molecule has 1 atom stereocenters. The van der Waals surface area contributed by atoms with Crippen molar-refractivity contribution in [1.29, 1.82) is 0 Å². The van der Waals surface area contributed by atoms with Crippen LogP contribution in [-0.2, 0) is 0 Å². The van der Waals surface area contributed by atoms with Gasteiger partial charge in [-0.05, 0) is 39.7 Å². The Kier molecular flexibility index (Phi) is 5.27. The number of terminal acetylenes is 1. The predicted octanol–water partition coefficient (Wildman–Crippen LogP) is 0.801. The van der Waals surface area contributed by atoms with Crippen molar-refractivity contribution >= 4 is 0 Å². The maximum absolute atomic E-state index is 5.92. The molecule has 0 spiro atoms. The van der Waals surface area contributed by atoms with Crippen LogP contribution >= 0.6 is 0 Å². The largest absolute Gasteiger partial charge is 0.329 e. The van der Waals surface area contributed by atoms with Crippen LogP contribution < -0.4 is 11.1 Å². The summed E-state index contributed by atoms with van der Waals surface area (Å²) in [6.45, 7) is 8.11.